The number of fused-ring (bicyclic) bond motifs is 1. The maximum Gasteiger partial charge on any atom is 0.416 e. The molecule has 3 rings (SSSR count). The lowest BCUT2D eigenvalue weighted by Gasteiger charge is -2.24. The monoisotopic (exact) mass is 438 g/mol. The number of benzene rings is 2. The van der Waals surface area contributed by atoms with Gasteiger partial charge < -0.3 is 15.4 Å². The average Bonchev–Trinajstić information content (AvgIpc) is 2.67. The van der Waals surface area contributed by atoms with Gasteiger partial charge in [-0.25, -0.2) is 0 Å². The lowest BCUT2D eigenvalue weighted by atomic mass is 10.1. The van der Waals surface area contributed by atoms with Gasteiger partial charge in [0.25, 0.3) is 0 Å². The first kappa shape index (κ1) is 22.0. The number of nitrogens with one attached hydrogen (secondary N) is 2. The van der Waals surface area contributed by atoms with Gasteiger partial charge in [-0.05, 0) is 49.2 Å². The van der Waals surface area contributed by atoms with Gasteiger partial charge in [-0.3, -0.25) is 9.59 Å². The van der Waals surface area contributed by atoms with Gasteiger partial charge in [-0.1, -0.05) is 12.1 Å². The van der Waals surface area contributed by atoms with Crippen LogP contribution in [0.2, 0.25) is 0 Å². The number of thioether (sulfide) groups is 1. The molecule has 0 radical (unpaired) electrons. The van der Waals surface area contributed by atoms with Crippen LogP contribution in [-0.2, 0) is 15.8 Å². The number of hydrogen-bond acceptors (Lipinski definition) is 4. The molecule has 2 amide bonds. The SMILES string of the molecule is Cc1cccc(OCCCNC(=O)CC2Sc3ccc(C(F)(F)F)cc3NC2=O)c1. The lowest BCUT2D eigenvalue weighted by Crippen LogP contribution is -2.35. The molecule has 2 N–H and O–H groups in total. The molecule has 0 aliphatic carbocycles. The molecule has 0 spiro atoms. The number of hydrogen-bond donors (Lipinski definition) is 2. The van der Waals surface area contributed by atoms with Crippen molar-refractivity contribution in [1.82, 2.24) is 5.32 Å². The summed E-state index contributed by atoms with van der Waals surface area (Å²) in [7, 11) is 0. The quantitative estimate of drug-likeness (QED) is 0.629. The van der Waals surface area contributed by atoms with Crippen LogP contribution in [0.4, 0.5) is 18.9 Å². The van der Waals surface area contributed by atoms with Crippen LogP contribution in [0.3, 0.4) is 0 Å². The third-order valence-electron chi connectivity index (χ3n) is 4.40. The molecule has 0 aromatic heterocycles. The predicted molar refractivity (Wildman–Crippen MR) is 109 cm³/mol. The lowest BCUT2D eigenvalue weighted by molar-refractivity contribution is -0.137. The van der Waals surface area contributed by atoms with Gasteiger partial charge in [0.05, 0.1) is 23.1 Å². The minimum Gasteiger partial charge on any atom is -0.494 e. The second kappa shape index (κ2) is 9.42. The molecular formula is C21H21F3N2O3S. The van der Waals surface area contributed by atoms with Gasteiger partial charge in [-0.15, -0.1) is 11.8 Å². The van der Waals surface area contributed by atoms with Gasteiger partial charge in [0.2, 0.25) is 11.8 Å². The number of aryl methyl sites for hydroxylation is 1. The van der Waals surface area contributed by atoms with Crippen molar-refractivity contribution >= 4 is 29.3 Å². The van der Waals surface area contributed by atoms with Gasteiger partial charge in [0.1, 0.15) is 5.75 Å². The van der Waals surface area contributed by atoms with Crippen molar-refractivity contribution in [2.45, 2.75) is 36.1 Å². The minimum atomic E-state index is -4.48. The second-order valence-electron chi connectivity index (χ2n) is 6.88. The van der Waals surface area contributed by atoms with E-state index in [4.69, 9.17) is 4.74 Å². The highest BCUT2D eigenvalue weighted by Gasteiger charge is 2.34. The molecule has 2 aromatic rings. The van der Waals surface area contributed by atoms with Gasteiger partial charge in [0, 0.05) is 17.9 Å². The Hall–Kier alpha value is -2.68. The zero-order valence-corrected chi connectivity index (χ0v) is 17.0. The maximum atomic E-state index is 12.8. The summed E-state index contributed by atoms with van der Waals surface area (Å²) in [4.78, 5) is 24.8. The predicted octanol–water partition coefficient (Wildman–Crippen LogP) is 4.40. The molecule has 5 nitrogen and oxygen atoms in total. The summed E-state index contributed by atoms with van der Waals surface area (Å²) in [6.07, 6.45) is -3.94. The molecule has 1 heterocycles. The van der Waals surface area contributed by atoms with E-state index in [1.165, 1.54) is 6.07 Å². The highest BCUT2D eigenvalue weighted by atomic mass is 32.2. The molecule has 0 fully saturated rings. The van der Waals surface area contributed by atoms with Gasteiger partial charge in [0.15, 0.2) is 0 Å². The molecule has 2 aromatic carbocycles. The molecule has 1 unspecified atom stereocenters. The first-order chi connectivity index (χ1) is 14.2. The van der Waals surface area contributed by atoms with Crippen molar-refractivity contribution in [3.63, 3.8) is 0 Å². The number of rotatable bonds is 7. The fourth-order valence-electron chi connectivity index (χ4n) is 2.90. The fourth-order valence-corrected chi connectivity index (χ4v) is 3.99. The van der Waals surface area contributed by atoms with Crippen molar-refractivity contribution < 1.29 is 27.5 Å². The van der Waals surface area contributed by atoms with Crippen LogP contribution in [0.5, 0.6) is 5.75 Å². The summed E-state index contributed by atoms with van der Waals surface area (Å²) in [6, 6.07) is 10.9. The first-order valence-electron chi connectivity index (χ1n) is 9.37. The molecule has 0 saturated heterocycles. The number of carbonyl (C=O) groups excluding carboxylic acids is 2. The number of alkyl halides is 3. The number of ether oxygens (including phenoxy) is 1. The number of anilines is 1. The zero-order valence-electron chi connectivity index (χ0n) is 16.2. The molecule has 1 atom stereocenters. The Balaban J connectivity index is 1.44. The third kappa shape index (κ3) is 5.91. The number of halogens is 3. The van der Waals surface area contributed by atoms with E-state index in [-0.39, 0.29) is 18.0 Å². The topological polar surface area (TPSA) is 67.4 Å². The summed E-state index contributed by atoms with van der Waals surface area (Å²) >= 11 is 1.09. The molecule has 1 aliphatic heterocycles. The van der Waals surface area contributed by atoms with E-state index in [1.807, 2.05) is 31.2 Å². The van der Waals surface area contributed by atoms with Crippen molar-refractivity contribution in [2.75, 3.05) is 18.5 Å². The van der Waals surface area contributed by atoms with E-state index < -0.39 is 22.9 Å². The Kier molecular flexibility index (Phi) is 6.91. The normalized spacial score (nSPS) is 15.9. The summed E-state index contributed by atoms with van der Waals surface area (Å²) < 4.78 is 44.0. The molecular weight excluding hydrogens is 417 g/mol. The van der Waals surface area contributed by atoms with Gasteiger partial charge >= 0.3 is 6.18 Å². The van der Waals surface area contributed by atoms with E-state index in [1.54, 1.807) is 0 Å². The Morgan fingerprint density at radius 3 is 2.77 bits per heavy atom. The van der Waals surface area contributed by atoms with Crippen LogP contribution in [0.1, 0.15) is 24.0 Å². The zero-order chi connectivity index (χ0) is 21.7. The molecule has 30 heavy (non-hydrogen) atoms. The largest absolute Gasteiger partial charge is 0.494 e. The summed E-state index contributed by atoms with van der Waals surface area (Å²) in [5, 5.41) is 4.51. The summed E-state index contributed by atoms with van der Waals surface area (Å²) in [6.45, 7) is 2.81. The van der Waals surface area contributed by atoms with Crippen LogP contribution in [0.25, 0.3) is 0 Å². The van der Waals surface area contributed by atoms with Crippen LogP contribution in [0.15, 0.2) is 47.4 Å². The number of carbonyl (C=O) groups is 2. The molecule has 0 saturated carbocycles. The van der Waals surface area contributed by atoms with Crippen molar-refractivity contribution in [3.05, 3.63) is 53.6 Å². The smallest absolute Gasteiger partial charge is 0.416 e. The fraction of sp³-hybridized carbons (Fsp3) is 0.333. The van der Waals surface area contributed by atoms with Crippen LogP contribution >= 0.6 is 11.8 Å². The second-order valence-corrected chi connectivity index (χ2v) is 8.12. The Bertz CT molecular complexity index is 934. The maximum absolute atomic E-state index is 12.8. The van der Waals surface area contributed by atoms with E-state index in [2.05, 4.69) is 10.6 Å². The number of amides is 2. The minimum absolute atomic E-state index is 0.0598. The van der Waals surface area contributed by atoms with E-state index >= 15 is 0 Å². The van der Waals surface area contributed by atoms with Crippen LogP contribution < -0.4 is 15.4 Å². The average molecular weight is 438 g/mol. The Morgan fingerprint density at radius 2 is 2.03 bits per heavy atom. The molecule has 160 valence electrons. The van der Waals surface area contributed by atoms with Crippen molar-refractivity contribution in [2.24, 2.45) is 0 Å². The highest BCUT2D eigenvalue weighted by Crippen LogP contribution is 2.40. The van der Waals surface area contributed by atoms with Crippen LogP contribution in [0, 0.1) is 6.92 Å². The Labute approximate surface area is 176 Å². The third-order valence-corrected chi connectivity index (χ3v) is 5.67. The van der Waals surface area contributed by atoms with Crippen LogP contribution in [-0.4, -0.2) is 30.2 Å². The van der Waals surface area contributed by atoms with E-state index in [9.17, 15) is 22.8 Å². The Morgan fingerprint density at radius 1 is 1.23 bits per heavy atom. The molecule has 9 heteroatoms. The van der Waals surface area contributed by atoms with Gasteiger partial charge in [-0.2, -0.15) is 13.2 Å². The molecule has 1 aliphatic rings. The van der Waals surface area contributed by atoms with E-state index in [0.717, 1.165) is 35.2 Å². The van der Waals surface area contributed by atoms with E-state index in [0.29, 0.717) is 24.5 Å². The summed E-state index contributed by atoms with van der Waals surface area (Å²) in [5.74, 6) is -0.0118. The first-order valence-corrected chi connectivity index (χ1v) is 10.3. The summed E-state index contributed by atoms with van der Waals surface area (Å²) in [5.41, 5.74) is 0.385. The highest BCUT2D eigenvalue weighted by molar-refractivity contribution is 8.01. The standard InChI is InChI=1S/C21H21F3N2O3S/c1-13-4-2-5-15(10-13)29-9-3-8-25-19(27)12-18-20(28)26-16-11-14(21(22,23)24)6-7-17(16)30-18/h2,4-7,10-11,18H,3,8-9,12H2,1H3,(H,25,27)(H,26,28). The van der Waals surface area contributed by atoms with Crippen molar-refractivity contribution in [1.29, 1.82) is 0 Å². The molecule has 0 bridgehead atoms. The van der Waals surface area contributed by atoms with Crippen molar-refractivity contribution in [3.8, 4) is 5.75 Å².